The largest absolute Gasteiger partial charge is 0.416 e. The number of halogens is 4. The van der Waals surface area contributed by atoms with Gasteiger partial charge in [-0.3, -0.25) is 0 Å². The lowest BCUT2D eigenvalue weighted by atomic mass is 10.2. The Kier molecular flexibility index (Phi) is 5.62. The molecule has 140 valence electrons. The Balaban J connectivity index is 1.58. The zero-order valence-corrected chi connectivity index (χ0v) is 15.1. The molecule has 3 aromatic rings. The number of rotatable bonds is 4. The quantitative estimate of drug-likeness (QED) is 0.594. The van der Waals surface area contributed by atoms with Gasteiger partial charge in [0, 0.05) is 16.3 Å². The molecule has 0 atom stereocenters. The first kappa shape index (κ1) is 19.1. The smallest absolute Gasteiger partial charge is 0.353 e. The summed E-state index contributed by atoms with van der Waals surface area (Å²) < 4.78 is 43.3. The van der Waals surface area contributed by atoms with E-state index in [1.807, 2.05) is 0 Å². The predicted octanol–water partition coefficient (Wildman–Crippen LogP) is 4.90. The molecule has 0 unspecified atom stereocenters. The van der Waals surface area contributed by atoms with Crippen LogP contribution in [-0.4, -0.2) is 15.3 Å². The molecular formula is C17H12ClF3N4OS. The van der Waals surface area contributed by atoms with E-state index in [4.69, 9.17) is 28.3 Å². The molecule has 27 heavy (non-hydrogen) atoms. The van der Waals surface area contributed by atoms with Crippen molar-refractivity contribution < 1.29 is 17.7 Å². The highest BCUT2D eigenvalue weighted by Gasteiger charge is 2.30. The summed E-state index contributed by atoms with van der Waals surface area (Å²) in [6, 6.07) is 11.7. The van der Waals surface area contributed by atoms with Crippen LogP contribution in [0.1, 0.15) is 11.5 Å². The maximum atomic E-state index is 12.7. The molecule has 0 radical (unpaired) electrons. The van der Waals surface area contributed by atoms with Crippen LogP contribution in [0.15, 0.2) is 53.1 Å². The van der Waals surface area contributed by atoms with E-state index < -0.39 is 11.7 Å². The zero-order chi connectivity index (χ0) is 19.4. The van der Waals surface area contributed by atoms with E-state index in [1.165, 1.54) is 12.1 Å². The van der Waals surface area contributed by atoms with Crippen molar-refractivity contribution in [2.75, 3.05) is 5.32 Å². The number of hydrogen-bond acceptors (Lipinski definition) is 4. The minimum atomic E-state index is -4.42. The Bertz CT molecular complexity index is 944. The molecule has 0 saturated carbocycles. The van der Waals surface area contributed by atoms with Crippen molar-refractivity contribution >= 4 is 34.6 Å². The van der Waals surface area contributed by atoms with E-state index in [0.717, 1.165) is 17.7 Å². The van der Waals surface area contributed by atoms with Crippen LogP contribution in [0.5, 0.6) is 0 Å². The Hall–Kier alpha value is -2.65. The average Bonchev–Trinajstić information content (AvgIpc) is 3.09. The molecule has 2 aromatic carbocycles. The third kappa shape index (κ3) is 5.18. The Labute approximate surface area is 162 Å². The van der Waals surface area contributed by atoms with Crippen molar-refractivity contribution in [1.82, 2.24) is 15.5 Å². The van der Waals surface area contributed by atoms with Crippen molar-refractivity contribution in [2.45, 2.75) is 12.7 Å². The highest BCUT2D eigenvalue weighted by molar-refractivity contribution is 7.80. The van der Waals surface area contributed by atoms with Crippen LogP contribution in [0.25, 0.3) is 11.4 Å². The number of alkyl halides is 3. The summed E-state index contributed by atoms with van der Waals surface area (Å²) in [5.74, 6) is 0.661. The van der Waals surface area contributed by atoms with Gasteiger partial charge in [0.1, 0.15) is 0 Å². The van der Waals surface area contributed by atoms with Gasteiger partial charge in [-0.1, -0.05) is 22.8 Å². The van der Waals surface area contributed by atoms with Gasteiger partial charge in [0.25, 0.3) is 0 Å². The number of benzene rings is 2. The number of anilines is 1. The number of hydrogen-bond donors (Lipinski definition) is 2. The SMILES string of the molecule is FC(F)(F)c1cccc(NC(=S)NCc2nc(-c3ccc(Cl)cc3)no2)c1. The summed E-state index contributed by atoms with van der Waals surface area (Å²) in [5, 5.41) is 10.1. The lowest BCUT2D eigenvalue weighted by Crippen LogP contribution is -2.28. The lowest BCUT2D eigenvalue weighted by molar-refractivity contribution is -0.137. The molecule has 0 aliphatic carbocycles. The van der Waals surface area contributed by atoms with Gasteiger partial charge in [-0.05, 0) is 54.7 Å². The predicted molar refractivity (Wildman–Crippen MR) is 99.2 cm³/mol. The van der Waals surface area contributed by atoms with Crippen LogP contribution in [0.4, 0.5) is 18.9 Å². The van der Waals surface area contributed by atoms with Gasteiger partial charge in [-0.15, -0.1) is 0 Å². The van der Waals surface area contributed by atoms with Crippen LogP contribution < -0.4 is 10.6 Å². The molecule has 0 bridgehead atoms. The van der Waals surface area contributed by atoms with E-state index >= 15 is 0 Å². The highest BCUT2D eigenvalue weighted by atomic mass is 35.5. The molecule has 0 amide bonds. The first-order valence-electron chi connectivity index (χ1n) is 7.62. The van der Waals surface area contributed by atoms with Gasteiger partial charge in [0.05, 0.1) is 12.1 Å². The van der Waals surface area contributed by atoms with Gasteiger partial charge in [-0.2, -0.15) is 18.2 Å². The Morgan fingerprint density at radius 1 is 1.15 bits per heavy atom. The highest BCUT2D eigenvalue weighted by Crippen LogP contribution is 2.30. The maximum Gasteiger partial charge on any atom is 0.416 e. The van der Waals surface area contributed by atoms with E-state index in [9.17, 15) is 13.2 Å². The standard InChI is InChI=1S/C17H12ClF3N4OS/c18-12-6-4-10(5-7-12)15-24-14(26-25-15)9-22-16(27)23-13-3-1-2-11(8-13)17(19,20)21/h1-8H,9H2,(H2,22,23,27). The Morgan fingerprint density at radius 2 is 1.89 bits per heavy atom. The third-order valence-electron chi connectivity index (χ3n) is 3.42. The molecule has 5 nitrogen and oxygen atoms in total. The fraction of sp³-hybridized carbons (Fsp3) is 0.118. The number of thiocarbonyl (C=S) groups is 1. The summed E-state index contributed by atoms with van der Waals surface area (Å²) in [7, 11) is 0. The topological polar surface area (TPSA) is 63.0 Å². The van der Waals surface area contributed by atoms with E-state index in [0.29, 0.717) is 10.8 Å². The van der Waals surface area contributed by atoms with Gasteiger partial charge in [0.2, 0.25) is 11.7 Å². The van der Waals surface area contributed by atoms with Crippen molar-refractivity contribution in [3.63, 3.8) is 0 Å². The maximum absolute atomic E-state index is 12.7. The molecule has 0 aliphatic heterocycles. The number of aromatic nitrogens is 2. The second-order valence-electron chi connectivity index (χ2n) is 5.40. The molecular weight excluding hydrogens is 401 g/mol. The third-order valence-corrected chi connectivity index (χ3v) is 3.92. The van der Waals surface area contributed by atoms with Crippen molar-refractivity contribution in [2.24, 2.45) is 0 Å². The summed E-state index contributed by atoms with van der Waals surface area (Å²) in [4.78, 5) is 4.22. The van der Waals surface area contributed by atoms with Crippen LogP contribution >= 0.6 is 23.8 Å². The van der Waals surface area contributed by atoms with Crippen molar-refractivity contribution in [3.05, 3.63) is 65.0 Å². The van der Waals surface area contributed by atoms with Gasteiger partial charge in [0.15, 0.2) is 5.11 Å². The minimum Gasteiger partial charge on any atom is -0.353 e. The number of nitrogens with one attached hydrogen (secondary N) is 2. The molecule has 0 fully saturated rings. The van der Waals surface area contributed by atoms with Crippen molar-refractivity contribution in [3.8, 4) is 11.4 Å². The van der Waals surface area contributed by atoms with E-state index in [1.54, 1.807) is 24.3 Å². The van der Waals surface area contributed by atoms with Gasteiger partial charge >= 0.3 is 6.18 Å². The molecule has 0 spiro atoms. The molecule has 0 saturated heterocycles. The summed E-state index contributed by atoms with van der Waals surface area (Å²) in [6.07, 6.45) is -4.42. The molecule has 3 rings (SSSR count). The van der Waals surface area contributed by atoms with Gasteiger partial charge < -0.3 is 15.2 Å². The van der Waals surface area contributed by atoms with Crippen LogP contribution in [0, 0.1) is 0 Å². The normalized spacial score (nSPS) is 11.3. The molecule has 1 heterocycles. The molecule has 2 N–H and O–H groups in total. The Morgan fingerprint density at radius 3 is 2.59 bits per heavy atom. The molecule has 0 aliphatic rings. The first-order chi connectivity index (χ1) is 12.8. The van der Waals surface area contributed by atoms with Crippen LogP contribution in [-0.2, 0) is 12.7 Å². The van der Waals surface area contributed by atoms with Crippen molar-refractivity contribution in [1.29, 1.82) is 0 Å². The fourth-order valence-electron chi connectivity index (χ4n) is 2.15. The van der Waals surface area contributed by atoms with Gasteiger partial charge in [-0.25, -0.2) is 0 Å². The van der Waals surface area contributed by atoms with Crippen LogP contribution in [0.3, 0.4) is 0 Å². The minimum absolute atomic E-state index is 0.116. The zero-order valence-electron chi connectivity index (χ0n) is 13.5. The second-order valence-corrected chi connectivity index (χ2v) is 6.25. The first-order valence-corrected chi connectivity index (χ1v) is 8.40. The summed E-state index contributed by atoms with van der Waals surface area (Å²) in [6.45, 7) is 0.116. The van der Waals surface area contributed by atoms with E-state index in [-0.39, 0.29) is 23.2 Å². The second kappa shape index (κ2) is 7.93. The molecule has 1 aromatic heterocycles. The molecule has 10 heteroatoms. The summed E-state index contributed by atoms with van der Waals surface area (Å²) >= 11 is 10.9. The van der Waals surface area contributed by atoms with Crippen LogP contribution in [0.2, 0.25) is 5.02 Å². The van der Waals surface area contributed by atoms with E-state index in [2.05, 4.69) is 20.8 Å². The monoisotopic (exact) mass is 412 g/mol. The fourth-order valence-corrected chi connectivity index (χ4v) is 2.46. The lowest BCUT2D eigenvalue weighted by Gasteiger charge is -2.11. The average molecular weight is 413 g/mol. The summed E-state index contributed by atoms with van der Waals surface area (Å²) in [5.41, 5.74) is 0.189. The number of nitrogens with zero attached hydrogens (tertiary/aromatic N) is 2.